The second-order valence-electron chi connectivity index (χ2n) is 21.6. The maximum Gasteiger partial charge on any atom is 0.253 e. The molecule has 5 rings (SSSR count). The Morgan fingerprint density at radius 2 is 1.46 bits per heavy atom. The maximum absolute atomic E-state index is 14.7. The molecule has 4 aliphatic rings. The van der Waals surface area contributed by atoms with Crippen molar-refractivity contribution in [2.75, 3.05) is 107 Å². The summed E-state index contributed by atoms with van der Waals surface area (Å²) in [6, 6.07) is 7.37. The van der Waals surface area contributed by atoms with Gasteiger partial charge in [0.1, 0.15) is 18.3 Å². The first kappa shape index (κ1) is 62.0. The largest absolute Gasteiger partial charge is 0.379 e. The molecule has 20 heteroatoms. The van der Waals surface area contributed by atoms with Crippen LogP contribution in [0.1, 0.15) is 98.5 Å². The number of hydrogen-bond donors (Lipinski definition) is 2. The zero-order valence-corrected chi connectivity index (χ0v) is 47.2. The van der Waals surface area contributed by atoms with Crippen LogP contribution in [0.25, 0.3) is 0 Å². The molecule has 3 fully saturated rings. The molecule has 1 aliphatic carbocycles. The summed E-state index contributed by atoms with van der Waals surface area (Å²) in [6.07, 6.45) is 4.28. The number of methoxy groups -OCH3 is 2. The van der Waals surface area contributed by atoms with Crippen LogP contribution >= 0.6 is 0 Å². The van der Waals surface area contributed by atoms with Gasteiger partial charge in [-0.2, -0.15) is 0 Å². The van der Waals surface area contributed by atoms with E-state index in [9.17, 15) is 33.6 Å². The van der Waals surface area contributed by atoms with E-state index >= 15 is 0 Å². The quantitative estimate of drug-likeness (QED) is 0.0784. The number of likely N-dealkylation sites (tertiary alicyclic amines) is 1. The van der Waals surface area contributed by atoms with Gasteiger partial charge in [0.2, 0.25) is 23.6 Å². The molecule has 0 radical (unpaired) electrons. The highest BCUT2D eigenvalue weighted by atomic mass is 16.5. The smallest absolute Gasteiger partial charge is 0.253 e. The average molecular weight is 1070 g/mol. The standard InChI is InChI=1S/C56H89N7O13/c1-12-39(6)50(60(9)54(69)48(37(2)3)57-53(68)49(38(4)5)59(8)25-28-73-30-32-75-33-31-74-29-26-63-45(64)21-22-46(63)65)44(71-10)34-47(66)62-24-16-20-43(62)51(72-11)40(7)52(67)58-56(55(70)61-23-17-27-76-36-61)35-42(56)41-18-14-13-15-19-41/h13-15,18-19,21-22,37-40,42-44,48-51H,12,16-17,20,23-36H2,1-11H3,(H,57,68)(H,58,67)/t39-,40+,42+,43-,44+,48-,49-,50-,51+,56-/m0/s1. The molecule has 3 heterocycles. The van der Waals surface area contributed by atoms with Crippen molar-refractivity contribution in [3.63, 3.8) is 0 Å². The Morgan fingerprint density at radius 1 is 0.816 bits per heavy atom. The van der Waals surface area contributed by atoms with Crippen LogP contribution in [0.4, 0.5) is 0 Å². The lowest BCUT2D eigenvalue weighted by Gasteiger charge is -2.41. The molecule has 0 spiro atoms. The number of rotatable bonds is 32. The number of ether oxygens (including phenoxy) is 6. The van der Waals surface area contributed by atoms with Crippen LogP contribution in [0.2, 0.25) is 0 Å². The molecule has 426 valence electrons. The van der Waals surface area contributed by atoms with Crippen molar-refractivity contribution in [1.29, 1.82) is 0 Å². The summed E-state index contributed by atoms with van der Waals surface area (Å²) in [7, 11) is 6.68. The summed E-state index contributed by atoms with van der Waals surface area (Å²) < 4.78 is 34.7. The Morgan fingerprint density at radius 3 is 2.04 bits per heavy atom. The molecule has 2 saturated heterocycles. The molecular formula is C56H89N7O13. The van der Waals surface area contributed by atoms with E-state index in [1.807, 2.05) is 83.8 Å². The summed E-state index contributed by atoms with van der Waals surface area (Å²) in [5, 5.41) is 6.28. The molecule has 0 bridgehead atoms. The number of likely N-dealkylation sites (N-methyl/N-ethyl adjacent to an activating group) is 2. The number of nitrogens with zero attached hydrogens (tertiary/aromatic N) is 5. The first-order valence-electron chi connectivity index (χ1n) is 27.5. The predicted molar refractivity (Wildman–Crippen MR) is 284 cm³/mol. The lowest BCUT2D eigenvalue weighted by Crippen LogP contribution is -2.60. The molecule has 2 N–H and O–H groups in total. The lowest BCUT2D eigenvalue weighted by molar-refractivity contribution is -0.149. The predicted octanol–water partition coefficient (Wildman–Crippen LogP) is 3.23. The van der Waals surface area contributed by atoms with Crippen LogP contribution in [-0.4, -0.2) is 215 Å². The van der Waals surface area contributed by atoms with Gasteiger partial charge in [0, 0.05) is 59.0 Å². The second kappa shape index (κ2) is 29.8. The number of imide groups is 1. The number of carbonyl (C=O) groups is 7. The van der Waals surface area contributed by atoms with E-state index in [4.69, 9.17) is 28.4 Å². The van der Waals surface area contributed by atoms with E-state index in [0.29, 0.717) is 85.0 Å². The van der Waals surface area contributed by atoms with Crippen molar-refractivity contribution < 1.29 is 62.0 Å². The topological polar surface area (TPSA) is 215 Å². The van der Waals surface area contributed by atoms with E-state index < -0.39 is 47.8 Å². The Bertz CT molecular complexity index is 2090. The van der Waals surface area contributed by atoms with Gasteiger partial charge in [-0.1, -0.05) is 85.2 Å². The van der Waals surface area contributed by atoms with Crippen molar-refractivity contribution in [3.8, 4) is 0 Å². The third-order valence-electron chi connectivity index (χ3n) is 15.7. The van der Waals surface area contributed by atoms with Gasteiger partial charge in [0.15, 0.2) is 0 Å². The van der Waals surface area contributed by atoms with Gasteiger partial charge in [0.25, 0.3) is 17.7 Å². The highest BCUT2D eigenvalue weighted by Gasteiger charge is 2.63. The van der Waals surface area contributed by atoms with Gasteiger partial charge < -0.3 is 53.8 Å². The van der Waals surface area contributed by atoms with Gasteiger partial charge >= 0.3 is 0 Å². The van der Waals surface area contributed by atoms with Crippen molar-refractivity contribution in [1.82, 2.24) is 35.1 Å². The molecule has 20 nitrogen and oxygen atoms in total. The third-order valence-corrected chi connectivity index (χ3v) is 15.7. The van der Waals surface area contributed by atoms with Crippen LogP contribution in [0.5, 0.6) is 0 Å². The summed E-state index contributed by atoms with van der Waals surface area (Å²) in [6.45, 7) is 17.8. The molecule has 0 aromatic heterocycles. The number of benzene rings is 1. The number of carbonyl (C=O) groups excluding carboxylic acids is 7. The Hall–Kier alpha value is -4.83. The second-order valence-corrected chi connectivity index (χ2v) is 21.6. The van der Waals surface area contributed by atoms with Crippen LogP contribution < -0.4 is 10.6 Å². The molecule has 10 atom stereocenters. The number of amides is 7. The van der Waals surface area contributed by atoms with Crippen LogP contribution in [-0.2, 0) is 62.0 Å². The summed E-state index contributed by atoms with van der Waals surface area (Å²) in [5.41, 5.74) is -0.138. The Balaban J connectivity index is 1.16. The number of hydrogen-bond acceptors (Lipinski definition) is 14. The zero-order valence-electron chi connectivity index (χ0n) is 47.2. The van der Waals surface area contributed by atoms with Gasteiger partial charge in [-0.25, -0.2) is 0 Å². The monoisotopic (exact) mass is 1070 g/mol. The van der Waals surface area contributed by atoms with Crippen molar-refractivity contribution in [2.24, 2.45) is 23.7 Å². The Kier molecular flexibility index (Phi) is 24.3. The normalized spacial score (nSPS) is 22.4. The highest BCUT2D eigenvalue weighted by Crippen LogP contribution is 2.53. The molecule has 1 saturated carbocycles. The molecule has 1 aromatic carbocycles. The fourth-order valence-electron chi connectivity index (χ4n) is 11.1. The van der Waals surface area contributed by atoms with E-state index in [-0.39, 0.29) is 91.3 Å². The van der Waals surface area contributed by atoms with Crippen molar-refractivity contribution in [3.05, 3.63) is 48.0 Å². The van der Waals surface area contributed by atoms with E-state index in [2.05, 4.69) is 10.6 Å². The van der Waals surface area contributed by atoms with Gasteiger partial charge in [-0.15, -0.1) is 0 Å². The van der Waals surface area contributed by atoms with Crippen molar-refractivity contribution in [2.45, 2.75) is 135 Å². The minimum atomic E-state index is -1.11. The van der Waals surface area contributed by atoms with Crippen LogP contribution in [0, 0.1) is 23.7 Å². The summed E-state index contributed by atoms with van der Waals surface area (Å²) in [5.74, 6) is -3.28. The minimum Gasteiger partial charge on any atom is -0.379 e. The molecule has 3 aliphatic heterocycles. The van der Waals surface area contributed by atoms with Gasteiger partial charge in [-0.05, 0) is 56.0 Å². The minimum absolute atomic E-state index is 0.0300. The zero-order chi connectivity index (χ0) is 55.7. The van der Waals surface area contributed by atoms with Crippen LogP contribution in [0.15, 0.2) is 42.5 Å². The fraction of sp³-hybridized carbons (Fsp3) is 0.732. The highest BCUT2D eigenvalue weighted by molar-refractivity contribution is 6.12. The van der Waals surface area contributed by atoms with E-state index in [0.717, 1.165) is 16.9 Å². The third kappa shape index (κ3) is 15.9. The first-order valence-corrected chi connectivity index (χ1v) is 27.5. The van der Waals surface area contributed by atoms with Crippen LogP contribution in [0.3, 0.4) is 0 Å². The molecule has 1 aromatic rings. The number of nitrogens with one attached hydrogen (secondary N) is 2. The molecule has 0 unspecified atom stereocenters. The van der Waals surface area contributed by atoms with Gasteiger partial charge in [0.05, 0.1) is 95.5 Å². The summed E-state index contributed by atoms with van der Waals surface area (Å²) in [4.78, 5) is 103. The fourth-order valence-corrected chi connectivity index (χ4v) is 11.1. The molecule has 76 heavy (non-hydrogen) atoms. The molecular weight excluding hydrogens is 979 g/mol. The summed E-state index contributed by atoms with van der Waals surface area (Å²) >= 11 is 0. The first-order chi connectivity index (χ1) is 36.3. The van der Waals surface area contributed by atoms with Gasteiger partial charge in [-0.3, -0.25) is 43.4 Å². The maximum atomic E-state index is 14.7. The molecule has 7 amide bonds. The SMILES string of the molecule is CC[C@H](C)[C@@H]([C@@H](CC(=O)N1CCC[C@H]1[C@H](OC)[C@@H](C)C(=O)N[C@@]1(C(=O)N2CCCOC2)C[C@@H]1c1ccccc1)OC)N(C)C(=O)[C@@H](NC(=O)[C@H](C(C)C)N(C)CCOCCOCCOCCN1C(=O)C=CC1=O)C(C)C. The van der Waals surface area contributed by atoms with E-state index in [1.165, 1.54) is 12.2 Å². The average Bonchev–Trinajstić information content (AvgIpc) is 3.79. The van der Waals surface area contributed by atoms with E-state index in [1.54, 1.807) is 42.9 Å². The van der Waals surface area contributed by atoms with Crippen molar-refractivity contribution >= 4 is 41.4 Å². The lowest BCUT2D eigenvalue weighted by atomic mass is 9.89. The Labute approximate surface area is 451 Å².